The summed E-state index contributed by atoms with van der Waals surface area (Å²) in [6, 6.07) is 7.46. The SMILES string of the molecule is CCCCCCC(CC(=O)OCl)C1(O)C=Nc2ccccc21. The van der Waals surface area contributed by atoms with E-state index in [9.17, 15) is 9.90 Å². The van der Waals surface area contributed by atoms with Crippen molar-refractivity contribution in [3.05, 3.63) is 29.8 Å². The highest BCUT2D eigenvalue weighted by Gasteiger charge is 2.42. The minimum absolute atomic E-state index is 0.0759. The van der Waals surface area contributed by atoms with E-state index in [1.165, 1.54) is 0 Å². The van der Waals surface area contributed by atoms with Crippen LogP contribution in [0.15, 0.2) is 29.3 Å². The largest absolute Gasteiger partial charge is 0.379 e. The lowest BCUT2D eigenvalue weighted by atomic mass is 9.78. The number of benzene rings is 1. The molecule has 1 aliphatic rings. The number of carbonyl (C=O) groups excluding carboxylic acids is 1. The Hall–Kier alpha value is -1.39. The van der Waals surface area contributed by atoms with Gasteiger partial charge >= 0.3 is 5.97 Å². The number of fused-ring (bicyclic) bond motifs is 1. The van der Waals surface area contributed by atoms with Crippen molar-refractivity contribution in [1.29, 1.82) is 0 Å². The zero-order chi connectivity index (χ0) is 16.0. The summed E-state index contributed by atoms with van der Waals surface area (Å²) in [5, 5.41) is 11.1. The maximum absolute atomic E-state index is 11.6. The van der Waals surface area contributed by atoms with Crippen LogP contribution in [0.25, 0.3) is 0 Å². The van der Waals surface area contributed by atoms with Gasteiger partial charge in [-0.25, -0.2) is 0 Å². The van der Waals surface area contributed by atoms with Crippen LogP contribution in [-0.2, 0) is 14.7 Å². The summed E-state index contributed by atoms with van der Waals surface area (Å²) in [4.78, 5) is 15.9. The van der Waals surface area contributed by atoms with E-state index in [0.717, 1.165) is 43.4 Å². The van der Waals surface area contributed by atoms with Crippen molar-refractivity contribution in [3.63, 3.8) is 0 Å². The van der Waals surface area contributed by atoms with Crippen LogP contribution in [0.2, 0.25) is 0 Å². The van der Waals surface area contributed by atoms with E-state index in [4.69, 9.17) is 11.9 Å². The van der Waals surface area contributed by atoms with Gasteiger partial charge in [-0.1, -0.05) is 50.8 Å². The van der Waals surface area contributed by atoms with Gasteiger partial charge in [-0.3, -0.25) is 9.79 Å². The Morgan fingerprint density at radius 3 is 2.86 bits per heavy atom. The standard InChI is InChI=1S/C17H22ClNO3/c1-2-3-4-5-8-13(11-16(20)22-18)17(21)12-19-15-10-7-6-9-14(15)17/h6-7,9-10,12-13,21H,2-5,8,11H2,1H3. The lowest BCUT2D eigenvalue weighted by Crippen LogP contribution is -2.36. The lowest BCUT2D eigenvalue weighted by molar-refractivity contribution is -0.136. The first-order valence-corrected chi connectivity index (χ1v) is 8.11. The first-order valence-electron chi connectivity index (χ1n) is 7.80. The van der Waals surface area contributed by atoms with Crippen molar-refractivity contribution in [2.45, 2.75) is 51.0 Å². The van der Waals surface area contributed by atoms with Gasteiger partial charge < -0.3 is 9.40 Å². The minimum Gasteiger partial charge on any atom is -0.379 e. The van der Waals surface area contributed by atoms with Crippen LogP contribution < -0.4 is 0 Å². The molecule has 0 aliphatic carbocycles. The molecule has 2 atom stereocenters. The molecule has 0 fully saturated rings. The van der Waals surface area contributed by atoms with Gasteiger partial charge in [0.2, 0.25) is 0 Å². The van der Waals surface area contributed by atoms with Crippen LogP contribution in [0.5, 0.6) is 0 Å². The third-order valence-electron chi connectivity index (χ3n) is 4.26. The van der Waals surface area contributed by atoms with Crippen molar-refractivity contribution in [2.24, 2.45) is 10.9 Å². The molecule has 4 nitrogen and oxygen atoms in total. The number of aliphatic imine (C=N–C) groups is 1. The second kappa shape index (κ2) is 7.75. The number of para-hydroxylation sites is 1. The van der Waals surface area contributed by atoms with E-state index in [1.807, 2.05) is 24.3 Å². The van der Waals surface area contributed by atoms with E-state index < -0.39 is 11.6 Å². The van der Waals surface area contributed by atoms with E-state index >= 15 is 0 Å². The van der Waals surface area contributed by atoms with Crippen LogP contribution in [0.1, 0.15) is 51.0 Å². The fourth-order valence-corrected chi connectivity index (χ4v) is 3.08. The van der Waals surface area contributed by atoms with Gasteiger partial charge in [0.15, 0.2) is 0 Å². The van der Waals surface area contributed by atoms with Gasteiger partial charge in [0.1, 0.15) is 17.5 Å². The van der Waals surface area contributed by atoms with Crippen molar-refractivity contribution < 1.29 is 14.2 Å². The molecule has 1 N–H and O–H groups in total. The van der Waals surface area contributed by atoms with Crippen LogP contribution in [0, 0.1) is 5.92 Å². The maximum Gasteiger partial charge on any atom is 0.325 e. The van der Waals surface area contributed by atoms with Gasteiger partial charge in [0.05, 0.1) is 12.1 Å². The average molecular weight is 324 g/mol. The zero-order valence-electron chi connectivity index (χ0n) is 12.8. The van der Waals surface area contributed by atoms with E-state index in [0.29, 0.717) is 0 Å². The molecule has 0 spiro atoms. The predicted octanol–water partition coefficient (Wildman–Crippen LogP) is 4.26. The van der Waals surface area contributed by atoms with Gasteiger partial charge in [0, 0.05) is 17.7 Å². The second-order valence-corrected chi connectivity index (χ2v) is 5.95. The molecule has 0 bridgehead atoms. The fourth-order valence-electron chi connectivity index (χ4n) is 3.02. The minimum atomic E-state index is -1.23. The molecule has 2 unspecified atom stereocenters. The summed E-state index contributed by atoms with van der Waals surface area (Å²) in [7, 11) is 0. The Balaban J connectivity index is 2.17. The number of rotatable bonds is 8. The normalized spacial score (nSPS) is 20.7. The zero-order valence-corrected chi connectivity index (χ0v) is 13.6. The smallest absolute Gasteiger partial charge is 0.325 e. The van der Waals surface area contributed by atoms with Gasteiger partial charge in [-0.2, -0.15) is 0 Å². The van der Waals surface area contributed by atoms with Crippen molar-refractivity contribution >= 4 is 29.7 Å². The monoisotopic (exact) mass is 323 g/mol. The summed E-state index contributed by atoms with van der Waals surface area (Å²) in [5.41, 5.74) is 0.272. The van der Waals surface area contributed by atoms with Crippen LogP contribution in [-0.4, -0.2) is 17.3 Å². The number of halogens is 1. The van der Waals surface area contributed by atoms with Gasteiger partial charge in [0.25, 0.3) is 0 Å². The molecular weight excluding hydrogens is 302 g/mol. The molecule has 1 aromatic carbocycles. The van der Waals surface area contributed by atoms with Gasteiger partial charge in [-0.15, -0.1) is 0 Å². The molecule has 1 aliphatic heterocycles. The molecule has 0 radical (unpaired) electrons. The molecule has 22 heavy (non-hydrogen) atoms. The highest BCUT2D eigenvalue weighted by Crippen LogP contribution is 2.43. The summed E-state index contributed by atoms with van der Waals surface area (Å²) in [6.07, 6.45) is 6.67. The number of carbonyl (C=O) groups is 1. The summed E-state index contributed by atoms with van der Waals surface area (Å²) < 4.78 is 4.28. The third-order valence-corrected chi connectivity index (χ3v) is 4.44. The average Bonchev–Trinajstić information content (AvgIpc) is 2.89. The molecule has 0 amide bonds. The fraction of sp³-hybridized carbons (Fsp3) is 0.529. The molecule has 120 valence electrons. The number of unbranched alkanes of at least 4 members (excludes halogenated alkanes) is 3. The highest BCUT2D eigenvalue weighted by atomic mass is 35.5. The molecule has 1 aromatic rings. The molecule has 2 rings (SSSR count). The van der Waals surface area contributed by atoms with Crippen LogP contribution in [0.3, 0.4) is 0 Å². The summed E-state index contributed by atoms with van der Waals surface area (Å²) in [6.45, 7) is 2.15. The van der Waals surface area contributed by atoms with Crippen molar-refractivity contribution in [2.75, 3.05) is 0 Å². The summed E-state index contributed by atoms with van der Waals surface area (Å²) in [5.74, 6) is -0.809. The summed E-state index contributed by atoms with van der Waals surface area (Å²) >= 11 is 5.17. The van der Waals surface area contributed by atoms with E-state index in [2.05, 4.69) is 16.2 Å². The lowest BCUT2D eigenvalue weighted by Gasteiger charge is -2.30. The molecular formula is C17H22ClNO3. The topological polar surface area (TPSA) is 58.9 Å². The Labute approximate surface area is 136 Å². The quantitative estimate of drug-likeness (QED) is 0.727. The molecule has 0 saturated carbocycles. The predicted molar refractivity (Wildman–Crippen MR) is 87.3 cm³/mol. The molecule has 0 saturated heterocycles. The third kappa shape index (κ3) is 3.68. The molecule has 0 aromatic heterocycles. The van der Waals surface area contributed by atoms with Crippen molar-refractivity contribution in [1.82, 2.24) is 0 Å². The van der Waals surface area contributed by atoms with E-state index in [-0.39, 0.29) is 12.3 Å². The Morgan fingerprint density at radius 1 is 1.36 bits per heavy atom. The van der Waals surface area contributed by atoms with Crippen LogP contribution >= 0.6 is 11.9 Å². The Bertz CT molecular complexity index is 546. The van der Waals surface area contributed by atoms with Crippen molar-refractivity contribution in [3.8, 4) is 0 Å². The molecule has 5 heteroatoms. The second-order valence-electron chi connectivity index (χ2n) is 5.80. The number of hydrogen-bond acceptors (Lipinski definition) is 4. The van der Waals surface area contributed by atoms with Crippen LogP contribution in [0.4, 0.5) is 5.69 Å². The number of aliphatic hydroxyl groups is 1. The first kappa shape index (κ1) is 17.0. The van der Waals surface area contributed by atoms with E-state index in [1.54, 1.807) is 6.21 Å². The molecule has 1 heterocycles. The van der Waals surface area contributed by atoms with Gasteiger partial charge in [-0.05, 0) is 12.5 Å². The highest BCUT2D eigenvalue weighted by molar-refractivity contribution is 6.13. The Morgan fingerprint density at radius 2 is 2.14 bits per heavy atom. The maximum atomic E-state index is 11.6. The Kier molecular flexibility index (Phi) is 5.98. The first-order chi connectivity index (χ1) is 10.6. The number of hydrogen-bond donors (Lipinski definition) is 1. The number of nitrogens with zero attached hydrogens (tertiary/aromatic N) is 1.